The zero-order valence-electron chi connectivity index (χ0n) is 13.4. The summed E-state index contributed by atoms with van der Waals surface area (Å²) in [7, 11) is -6.45. The van der Waals surface area contributed by atoms with E-state index in [1.807, 2.05) is 6.92 Å². The predicted octanol–water partition coefficient (Wildman–Crippen LogP) is 2.54. The molecule has 144 valence electrons. The summed E-state index contributed by atoms with van der Waals surface area (Å²) in [6.45, 7) is 3.33. The van der Waals surface area contributed by atoms with Crippen molar-refractivity contribution in [1.82, 2.24) is 0 Å². The summed E-state index contributed by atoms with van der Waals surface area (Å²) in [6.07, 6.45) is -1.15. The Morgan fingerprint density at radius 2 is 1.67 bits per heavy atom. The van der Waals surface area contributed by atoms with E-state index in [9.17, 15) is 35.3 Å². The van der Waals surface area contributed by atoms with Crippen molar-refractivity contribution in [3.05, 3.63) is 0 Å². The summed E-state index contributed by atoms with van der Waals surface area (Å²) in [5.74, 6) is -5.56. The lowest BCUT2D eigenvalue weighted by Gasteiger charge is -2.28. The Morgan fingerprint density at radius 3 is 2.17 bits per heavy atom. The molecule has 0 spiro atoms. The van der Waals surface area contributed by atoms with E-state index in [1.165, 1.54) is 0 Å². The van der Waals surface area contributed by atoms with Gasteiger partial charge < -0.3 is 14.0 Å². The normalized spacial score (nSPS) is 14.5. The number of carbonyl (C=O) groups excluding carboxylic acids is 1. The first kappa shape index (κ1) is 23.1. The molecule has 0 heterocycles. The molecule has 1 atom stereocenters. The lowest BCUT2D eigenvalue weighted by atomic mass is 10.1. The van der Waals surface area contributed by atoms with Gasteiger partial charge in [-0.05, 0) is 12.8 Å². The van der Waals surface area contributed by atoms with Crippen LogP contribution in [0.5, 0.6) is 0 Å². The van der Waals surface area contributed by atoms with Crippen molar-refractivity contribution in [1.29, 1.82) is 0 Å². The third-order valence-electron chi connectivity index (χ3n) is 3.21. The van der Waals surface area contributed by atoms with E-state index in [4.69, 9.17) is 9.47 Å². The van der Waals surface area contributed by atoms with E-state index < -0.39 is 34.1 Å². The summed E-state index contributed by atoms with van der Waals surface area (Å²) >= 11 is 0. The van der Waals surface area contributed by atoms with Crippen LogP contribution in [-0.4, -0.2) is 49.9 Å². The number of hydrogen-bond acceptors (Lipinski definition) is 6. The highest BCUT2D eigenvalue weighted by atomic mass is 32.2. The second kappa shape index (κ2) is 9.52. The van der Waals surface area contributed by atoms with Crippen LogP contribution in [0, 0.1) is 5.92 Å². The Morgan fingerprint density at radius 1 is 1.12 bits per heavy atom. The van der Waals surface area contributed by atoms with Gasteiger partial charge in [0.25, 0.3) is 0 Å². The van der Waals surface area contributed by atoms with E-state index in [0.717, 1.165) is 0 Å². The maximum atomic E-state index is 13.1. The van der Waals surface area contributed by atoms with Gasteiger partial charge in [-0.2, -0.15) is 17.6 Å². The number of carbonyl (C=O) groups is 1. The van der Waals surface area contributed by atoms with Gasteiger partial charge >= 0.3 is 17.1 Å². The molecule has 0 aliphatic rings. The Kier molecular flexibility index (Phi) is 9.15. The molecule has 0 bridgehead atoms. The Hall–Kier alpha value is -0.940. The number of ether oxygens (including phenoxy) is 2. The van der Waals surface area contributed by atoms with Crippen LogP contribution in [0.2, 0.25) is 0 Å². The Bertz CT molecular complexity index is 495. The maximum absolute atomic E-state index is 13.1. The minimum absolute atomic E-state index is 0.0512. The van der Waals surface area contributed by atoms with Crippen LogP contribution in [0.3, 0.4) is 0 Å². The Labute approximate surface area is 138 Å². The second-order valence-corrected chi connectivity index (χ2v) is 6.64. The minimum Gasteiger partial charge on any atom is -0.743 e. The summed E-state index contributed by atoms with van der Waals surface area (Å²) in [6, 6.07) is 0. The first-order chi connectivity index (χ1) is 10.9. The van der Waals surface area contributed by atoms with Gasteiger partial charge in [-0.1, -0.05) is 13.8 Å². The van der Waals surface area contributed by atoms with E-state index >= 15 is 0 Å². The number of alkyl halides is 4. The van der Waals surface area contributed by atoms with E-state index in [2.05, 4.69) is 0 Å². The van der Waals surface area contributed by atoms with Gasteiger partial charge in [0, 0.05) is 26.1 Å². The molecule has 0 aliphatic carbocycles. The highest BCUT2D eigenvalue weighted by Gasteiger charge is 2.60. The number of esters is 1. The SMILES string of the molecule is CCC(C)C(=O)OCCCOCCCC(F)(F)C(F)(F)S(=O)(=O)[O-]. The van der Waals surface area contributed by atoms with Crippen molar-refractivity contribution in [2.45, 2.75) is 50.7 Å². The van der Waals surface area contributed by atoms with Crippen molar-refractivity contribution in [2.75, 3.05) is 19.8 Å². The molecule has 0 N–H and O–H groups in total. The van der Waals surface area contributed by atoms with Crippen LogP contribution >= 0.6 is 0 Å². The quantitative estimate of drug-likeness (QED) is 0.223. The third kappa shape index (κ3) is 6.89. The van der Waals surface area contributed by atoms with Gasteiger partial charge in [0.2, 0.25) is 0 Å². The summed E-state index contributed by atoms with van der Waals surface area (Å²) in [5, 5.41) is -5.66. The van der Waals surface area contributed by atoms with Gasteiger partial charge in [0.1, 0.15) is 0 Å². The molecule has 0 rings (SSSR count). The van der Waals surface area contributed by atoms with E-state index in [0.29, 0.717) is 12.8 Å². The fourth-order valence-corrected chi connectivity index (χ4v) is 1.94. The van der Waals surface area contributed by atoms with Crippen molar-refractivity contribution < 1.29 is 44.8 Å². The molecule has 1 unspecified atom stereocenters. The molecule has 0 amide bonds. The van der Waals surface area contributed by atoms with Crippen LogP contribution < -0.4 is 0 Å². The average Bonchev–Trinajstić information content (AvgIpc) is 2.47. The maximum Gasteiger partial charge on any atom is 0.396 e. The molecule has 0 saturated carbocycles. The highest BCUT2D eigenvalue weighted by Crippen LogP contribution is 2.41. The summed E-state index contributed by atoms with van der Waals surface area (Å²) in [5.41, 5.74) is 0. The molecule has 0 aliphatic heterocycles. The van der Waals surface area contributed by atoms with Crippen molar-refractivity contribution in [3.8, 4) is 0 Å². The van der Waals surface area contributed by atoms with Crippen molar-refractivity contribution >= 4 is 16.1 Å². The number of hydrogen-bond donors (Lipinski definition) is 0. The fourth-order valence-electron chi connectivity index (χ4n) is 1.47. The summed E-state index contributed by atoms with van der Waals surface area (Å²) < 4.78 is 92.1. The molecule has 0 aromatic carbocycles. The monoisotopic (exact) mass is 381 g/mol. The number of halogens is 4. The van der Waals surface area contributed by atoms with Crippen LogP contribution in [0.15, 0.2) is 0 Å². The van der Waals surface area contributed by atoms with E-state index in [1.54, 1.807) is 6.92 Å². The standard InChI is InChI=1S/C13H22F4O6S/c1-3-10(2)11(18)23-9-5-8-22-7-4-6-12(14,15)13(16,17)24(19,20)21/h10H,3-9H2,1-2H3,(H,19,20,21)/p-1. The average molecular weight is 381 g/mol. The molecule has 24 heavy (non-hydrogen) atoms. The predicted molar refractivity (Wildman–Crippen MR) is 74.7 cm³/mol. The molecule has 0 radical (unpaired) electrons. The van der Waals surface area contributed by atoms with Crippen molar-refractivity contribution in [2.24, 2.45) is 5.92 Å². The van der Waals surface area contributed by atoms with E-state index in [-0.39, 0.29) is 31.7 Å². The van der Waals surface area contributed by atoms with Crippen LogP contribution in [-0.2, 0) is 24.4 Å². The zero-order chi connectivity index (χ0) is 19.0. The van der Waals surface area contributed by atoms with Crippen LogP contribution in [0.1, 0.15) is 39.5 Å². The molecular formula is C13H21F4O6S-. The van der Waals surface area contributed by atoms with Gasteiger partial charge in [-0.25, -0.2) is 8.42 Å². The van der Waals surface area contributed by atoms with Crippen molar-refractivity contribution in [3.63, 3.8) is 0 Å². The molecule has 11 heteroatoms. The smallest absolute Gasteiger partial charge is 0.396 e. The third-order valence-corrected chi connectivity index (χ3v) is 4.14. The Balaban J connectivity index is 3.94. The second-order valence-electron chi connectivity index (χ2n) is 5.22. The van der Waals surface area contributed by atoms with Gasteiger partial charge in [-0.15, -0.1) is 0 Å². The molecule has 6 nitrogen and oxygen atoms in total. The molecule has 0 aromatic rings. The van der Waals surface area contributed by atoms with Crippen LogP contribution in [0.25, 0.3) is 0 Å². The fraction of sp³-hybridized carbons (Fsp3) is 0.923. The molecule has 0 aromatic heterocycles. The molecule has 0 saturated heterocycles. The zero-order valence-corrected chi connectivity index (χ0v) is 14.2. The molecular weight excluding hydrogens is 360 g/mol. The minimum atomic E-state index is -6.45. The summed E-state index contributed by atoms with van der Waals surface area (Å²) in [4.78, 5) is 11.3. The first-order valence-electron chi connectivity index (χ1n) is 7.32. The highest BCUT2D eigenvalue weighted by molar-refractivity contribution is 7.86. The van der Waals surface area contributed by atoms with Gasteiger partial charge in [0.15, 0.2) is 10.1 Å². The van der Waals surface area contributed by atoms with Gasteiger partial charge in [0.05, 0.1) is 12.5 Å². The van der Waals surface area contributed by atoms with Gasteiger partial charge in [-0.3, -0.25) is 4.79 Å². The lowest BCUT2D eigenvalue weighted by molar-refractivity contribution is -0.166. The lowest BCUT2D eigenvalue weighted by Crippen LogP contribution is -2.46. The topological polar surface area (TPSA) is 92.7 Å². The molecule has 0 fully saturated rings. The largest absolute Gasteiger partial charge is 0.743 e. The van der Waals surface area contributed by atoms with Crippen LogP contribution in [0.4, 0.5) is 17.6 Å². The number of rotatable bonds is 12. The first-order valence-corrected chi connectivity index (χ1v) is 8.73.